The van der Waals surface area contributed by atoms with Crippen molar-refractivity contribution >= 4 is 0 Å². The van der Waals surface area contributed by atoms with E-state index in [4.69, 9.17) is 4.74 Å². The van der Waals surface area contributed by atoms with E-state index in [-0.39, 0.29) is 17.1 Å². The smallest absolute Gasteiger partial charge is 0.0745 e. The quantitative estimate of drug-likeness (QED) is 0.759. The van der Waals surface area contributed by atoms with Gasteiger partial charge in [0.25, 0.3) is 0 Å². The molecule has 2 nitrogen and oxygen atoms in total. The largest absolute Gasteiger partial charge is 0.391 e. The lowest BCUT2D eigenvalue weighted by atomic mass is 9.75. The molecule has 84 valence electrons. The summed E-state index contributed by atoms with van der Waals surface area (Å²) in [5, 5.41) is 9.27. The van der Waals surface area contributed by atoms with Crippen LogP contribution in [0, 0.1) is 5.41 Å². The highest BCUT2D eigenvalue weighted by Gasteiger charge is 2.45. The van der Waals surface area contributed by atoms with Gasteiger partial charge in [-0.1, -0.05) is 33.6 Å². The van der Waals surface area contributed by atoms with Crippen LogP contribution in [0.25, 0.3) is 0 Å². The number of ether oxygens (including phenoxy) is 1. The number of rotatable bonds is 3. The molecule has 1 aliphatic carbocycles. The molecule has 0 aromatic carbocycles. The lowest BCUT2D eigenvalue weighted by Crippen LogP contribution is -2.44. The van der Waals surface area contributed by atoms with E-state index in [9.17, 15) is 5.11 Å². The second kappa shape index (κ2) is 4.19. The fourth-order valence-electron chi connectivity index (χ4n) is 2.34. The molecule has 0 spiro atoms. The summed E-state index contributed by atoms with van der Waals surface area (Å²) in [6.07, 6.45) is 4.45. The first-order chi connectivity index (χ1) is 6.37. The van der Waals surface area contributed by atoms with Crippen LogP contribution in [0.4, 0.5) is 0 Å². The molecule has 0 aliphatic heterocycles. The first-order valence-corrected chi connectivity index (χ1v) is 5.69. The van der Waals surface area contributed by atoms with E-state index < -0.39 is 0 Å². The van der Waals surface area contributed by atoms with Crippen molar-refractivity contribution in [2.75, 3.05) is 6.61 Å². The molecule has 2 heteroatoms. The summed E-state index contributed by atoms with van der Waals surface area (Å²) in [5.41, 5.74) is 0.183. The summed E-state index contributed by atoms with van der Waals surface area (Å²) in [5.74, 6) is 0. The number of aliphatic hydroxyl groups excluding tert-OH is 1. The maximum atomic E-state index is 9.27. The molecule has 0 aromatic rings. The monoisotopic (exact) mass is 200 g/mol. The third-order valence-electron chi connectivity index (χ3n) is 3.38. The van der Waals surface area contributed by atoms with Crippen LogP contribution in [0.2, 0.25) is 0 Å². The van der Waals surface area contributed by atoms with Crippen LogP contribution in [-0.2, 0) is 4.74 Å². The van der Waals surface area contributed by atoms with Gasteiger partial charge in [-0.3, -0.25) is 0 Å². The van der Waals surface area contributed by atoms with Gasteiger partial charge in [-0.2, -0.15) is 0 Å². The lowest BCUT2D eigenvalue weighted by molar-refractivity contribution is -0.131. The van der Waals surface area contributed by atoms with Crippen molar-refractivity contribution in [3.8, 4) is 0 Å². The molecule has 1 atom stereocenters. The summed E-state index contributed by atoms with van der Waals surface area (Å²) >= 11 is 0. The highest BCUT2D eigenvalue weighted by molar-refractivity contribution is 4.96. The van der Waals surface area contributed by atoms with E-state index in [0.29, 0.717) is 6.61 Å². The Labute approximate surface area is 87.7 Å². The Morgan fingerprint density at radius 2 is 1.79 bits per heavy atom. The Bertz CT molecular complexity index is 173. The van der Waals surface area contributed by atoms with Crippen molar-refractivity contribution in [1.82, 2.24) is 0 Å². The Kier molecular flexibility index (Phi) is 3.59. The minimum atomic E-state index is -0.352. The summed E-state index contributed by atoms with van der Waals surface area (Å²) in [6, 6.07) is 0. The van der Waals surface area contributed by atoms with Crippen molar-refractivity contribution in [1.29, 1.82) is 0 Å². The second-order valence-corrected chi connectivity index (χ2v) is 5.61. The van der Waals surface area contributed by atoms with Gasteiger partial charge in [-0.15, -0.1) is 0 Å². The summed E-state index contributed by atoms with van der Waals surface area (Å²) in [4.78, 5) is 0. The molecule has 0 heterocycles. The zero-order valence-corrected chi connectivity index (χ0v) is 9.97. The van der Waals surface area contributed by atoms with Crippen LogP contribution in [0.3, 0.4) is 0 Å². The molecule has 14 heavy (non-hydrogen) atoms. The maximum Gasteiger partial charge on any atom is 0.0745 e. The van der Waals surface area contributed by atoms with Gasteiger partial charge in [0, 0.05) is 0 Å². The number of hydrogen-bond acceptors (Lipinski definition) is 2. The Balaban J connectivity index is 2.63. The van der Waals surface area contributed by atoms with Crippen LogP contribution >= 0.6 is 0 Å². The molecule has 1 aliphatic rings. The topological polar surface area (TPSA) is 29.5 Å². The predicted molar refractivity (Wildman–Crippen MR) is 58.3 cm³/mol. The molecule has 1 unspecified atom stereocenters. The Morgan fingerprint density at radius 3 is 2.14 bits per heavy atom. The van der Waals surface area contributed by atoms with Gasteiger partial charge in [-0.25, -0.2) is 0 Å². The van der Waals surface area contributed by atoms with Crippen LogP contribution in [0.15, 0.2) is 0 Å². The predicted octanol–water partition coefficient (Wildman–Crippen LogP) is 2.74. The van der Waals surface area contributed by atoms with Gasteiger partial charge in [0.15, 0.2) is 0 Å². The maximum absolute atomic E-state index is 9.27. The summed E-state index contributed by atoms with van der Waals surface area (Å²) in [6.45, 7) is 8.96. The standard InChI is InChI=1S/C12H24O2/c1-10(13)9-14-12(11(2,3)4)7-5-6-8-12/h10,13H,5-9H2,1-4H3. The summed E-state index contributed by atoms with van der Waals surface area (Å²) < 4.78 is 5.97. The third-order valence-corrected chi connectivity index (χ3v) is 3.38. The molecule has 0 amide bonds. The highest BCUT2D eigenvalue weighted by atomic mass is 16.5. The van der Waals surface area contributed by atoms with Crippen molar-refractivity contribution in [3.63, 3.8) is 0 Å². The molecular weight excluding hydrogens is 176 g/mol. The minimum Gasteiger partial charge on any atom is -0.391 e. The van der Waals surface area contributed by atoms with E-state index in [1.165, 1.54) is 12.8 Å². The molecule has 0 saturated heterocycles. The van der Waals surface area contributed by atoms with Gasteiger partial charge >= 0.3 is 0 Å². The normalized spacial score (nSPS) is 23.8. The van der Waals surface area contributed by atoms with E-state index >= 15 is 0 Å². The van der Waals surface area contributed by atoms with Gasteiger partial charge < -0.3 is 9.84 Å². The van der Waals surface area contributed by atoms with Crippen LogP contribution in [0.1, 0.15) is 53.4 Å². The number of aliphatic hydroxyl groups is 1. The molecule has 1 fully saturated rings. The van der Waals surface area contributed by atoms with Gasteiger partial charge in [0.1, 0.15) is 0 Å². The van der Waals surface area contributed by atoms with Crippen molar-refractivity contribution < 1.29 is 9.84 Å². The van der Waals surface area contributed by atoms with E-state index in [1.807, 2.05) is 0 Å². The minimum absolute atomic E-state index is 0.00396. The molecule has 1 saturated carbocycles. The van der Waals surface area contributed by atoms with E-state index in [2.05, 4.69) is 20.8 Å². The Hall–Kier alpha value is -0.0800. The van der Waals surface area contributed by atoms with Crippen molar-refractivity contribution in [2.45, 2.75) is 65.1 Å². The summed E-state index contributed by atoms with van der Waals surface area (Å²) in [7, 11) is 0. The third kappa shape index (κ3) is 2.48. The van der Waals surface area contributed by atoms with Crippen molar-refractivity contribution in [3.05, 3.63) is 0 Å². The SMILES string of the molecule is CC(O)COC1(C(C)(C)C)CCCC1. The van der Waals surface area contributed by atoms with Gasteiger partial charge in [0.05, 0.1) is 18.3 Å². The highest BCUT2D eigenvalue weighted by Crippen LogP contribution is 2.46. The fourth-order valence-corrected chi connectivity index (χ4v) is 2.34. The molecule has 0 aromatic heterocycles. The zero-order valence-electron chi connectivity index (χ0n) is 9.97. The first-order valence-electron chi connectivity index (χ1n) is 5.69. The molecule has 0 radical (unpaired) electrons. The zero-order chi connectivity index (χ0) is 10.8. The fraction of sp³-hybridized carbons (Fsp3) is 1.00. The van der Waals surface area contributed by atoms with Crippen LogP contribution in [0.5, 0.6) is 0 Å². The van der Waals surface area contributed by atoms with Crippen LogP contribution in [-0.4, -0.2) is 23.4 Å². The second-order valence-electron chi connectivity index (χ2n) is 5.61. The van der Waals surface area contributed by atoms with Crippen LogP contribution < -0.4 is 0 Å². The molecule has 1 N–H and O–H groups in total. The van der Waals surface area contributed by atoms with Gasteiger partial charge in [0.2, 0.25) is 0 Å². The van der Waals surface area contributed by atoms with Gasteiger partial charge in [-0.05, 0) is 25.2 Å². The average molecular weight is 200 g/mol. The first kappa shape index (κ1) is 12.0. The molecule has 1 rings (SSSR count). The Morgan fingerprint density at radius 1 is 1.29 bits per heavy atom. The molecule has 0 bridgehead atoms. The molecular formula is C12H24O2. The van der Waals surface area contributed by atoms with E-state index in [0.717, 1.165) is 12.8 Å². The lowest BCUT2D eigenvalue weighted by Gasteiger charge is -2.42. The van der Waals surface area contributed by atoms with Crippen molar-refractivity contribution in [2.24, 2.45) is 5.41 Å². The average Bonchev–Trinajstić information content (AvgIpc) is 2.48. The van der Waals surface area contributed by atoms with E-state index in [1.54, 1.807) is 6.92 Å². The number of hydrogen-bond donors (Lipinski definition) is 1.